The third-order valence-corrected chi connectivity index (χ3v) is 3.82. The van der Waals surface area contributed by atoms with E-state index in [4.69, 9.17) is 4.74 Å². The second-order valence-electron chi connectivity index (χ2n) is 5.20. The van der Waals surface area contributed by atoms with Crippen LogP contribution in [0.4, 0.5) is 4.39 Å². The Morgan fingerprint density at radius 2 is 2.24 bits per heavy atom. The SMILES string of the molecule is FCCCCCNCC1CN2CCCC2CO1. The van der Waals surface area contributed by atoms with Crippen molar-refractivity contribution in [3.63, 3.8) is 0 Å². The summed E-state index contributed by atoms with van der Waals surface area (Å²) in [5.41, 5.74) is 0. The van der Waals surface area contributed by atoms with Crippen LogP contribution in [0.1, 0.15) is 32.1 Å². The molecular formula is C13H25FN2O. The molecule has 2 unspecified atom stereocenters. The van der Waals surface area contributed by atoms with E-state index in [-0.39, 0.29) is 6.67 Å². The van der Waals surface area contributed by atoms with Crippen molar-refractivity contribution in [2.24, 2.45) is 0 Å². The second kappa shape index (κ2) is 7.29. The van der Waals surface area contributed by atoms with E-state index in [9.17, 15) is 4.39 Å². The number of hydrogen-bond donors (Lipinski definition) is 1. The maximum Gasteiger partial charge on any atom is 0.0894 e. The molecular weight excluding hydrogens is 219 g/mol. The number of nitrogens with one attached hydrogen (secondary N) is 1. The second-order valence-corrected chi connectivity index (χ2v) is 5.20. The van der Waals surface area contributed by atoms with Crippen molar-refractivity contribution >= 4 is 0 Å². The summed E-state index contributed by atoms with van der Waals surface area (Å²) in [5.74, 6) is 0. The molecule has 0 spiro atoms. The Labute approximate surface area is 104 Å². The van der Waals surface area contributed by atoms with E-state index >= 15 is 0 Å². The predicted molar refractivity (Wildman–Crippen MR) is 67.0 cm³/mol. The van der Waals surface area contributed by atoms with Crippen molar-refractivity contribution in [2.75, 3.05) is 39.5 Å². The molecule has 0 aromatic rings. The summed E-state index contributed by atoms with van der Waals surface area (Å²) in [5, 5.41) is 3.42. The number of nitrogens with zero attached hydrogens (tertiary/aromatic N) is 1. The topological polar surface area (TPSA) is 24.5 Å². The molecule has 0 bridgehead atoms. The molecule has 0 saturated carbocycles. The Kier molecular flexibility index (Phi) is 5.68. The van der Waals surface area contributed by atoms with Crippen molar-refractivity contribution in [1.82, 2.24) is 10.2 Å². The Hall–Kier alpha value is -0.190. The van der Waals surface area contributed by atoms with E-state index < -0.39 is 0 Å². The van der Waals surface area contributed by atoms with E-state index in [0.29, 0.717) is 18.6 Å². The van der Waals surface area contributed by atoms with Gasteiger partial charge < -0.3 is 10.1 Å². The fraction of sp³-hybridized carbons (Fsp3) is 1.00. The van der Waals surface area contributed by atoms with Crippen LogP contribution in [-0.2, 0) is 4.74 Å². The van der Waals surface area contributed by atoms with E-state index in [1.165, 1.54) is 19.4 Å². The van der Waals surface area contributed by atoms with Crippen molar-refractivity contribution in [2.45, 2.75) is 44.2 Å². The highest BCUT2D eigenvalue weighted by atomic mass is 19.1. The van der Waals surface area contributed by atoms with E-state index in [1.807, 2.05) is 0 Å². The summed E-state index contributed by atoms with van der Waals surface area (Å²) in [6, 6.07) is 0.691. The largest absolute Gasteiger partial charge is 0.374 e. The van der Waals surface area contributed by atoms with Gasteiger partial charge in [-0.3, -0.25) is 9.29 Å². The minimum atomic E-state index is -0.178. The molecule has 17 heavy (non-hydrogen) atoms. The van der Waals surface area contributed by atoms with Gasteiger partial charge in [0.2, 0.25) is 0 Å². The molecule has 0 aromatic carbocycles. The van der Waals surface area contributed by atoms with Gasteiger partial charge in [0.05, 0.1) is 19.4 Å². The van der Waals surface area contributed by atoms with Gasteiger partial charge in [-0.25, -0.2) is 0 Å². The van der Waals surface area contributed by atoms with Crippen molar-refractivity contribution in [3.8, 4) is 0 Å². The Balaban J connectivity index is 1.51. The molecule has 3 nitrogen and oxygen atoms in total. The number of hydrogen-bond acceptors (Lipinski definition) is 3. The zero-order valence-electron chi connectivity index (χ0n) is 10.7. The molecule has 1 N–H and O–H groups in total. The van der Waals surface area contributed by atoms with Crippen LogP contribution in [0.3, 0.4) is 0 Å². The van der Waals surface area contributed by atoms with Gasteiger partial charge in [-0.1, -0.05) is 0 Å². The average Bonchev–Trinajstić information content (AvgIpc) is 2.81. The quantitative estimate of drug-likeness (QED) is 0.688. The molecule has 4 heteroatoms. The number of halogens is 1. The lowest BCUT2D eigenvalue weighted by atomic mass is 10.2. The van der Waals surface area contributed by atoms with Crippen LogP contribution in [0.5, 0.6) is 0 Å². The fourth-order valence-electron chi connectivity index (χ4n) is 2.79. The van der Waals surface area contributed by atoms with Crippen LogP contribution in [-0.4, -0.2) is 56.5 Å². The molecule has 2 aliphatic rings. The molecule has 2 atom stereocenters. The predicted octanol–water partition coefficient (Wildman–Crippen LogP) is 1.58. The number of morpholine rings is 1. The summed E-state index contributed by atoms with van der Waals surface area (Å²) < 4.78 is 17.7. The van der Waals surface area contributed by atoms with Gasteiger partial charge >= 0.3 is 0 Å². The van der Waals surface area contributed by atoms with Gasteiger partial charge in [0, 0.05) is 19.1 Å². The third-order valence-electron chi connectivity index (χ3n) is 3.82. The highest BCUT2D eigenvalue weighted by Gasteiger charge is 2.31. The zero-order chi connectivity index (χ0) is 11.9. The molecule has 0 radical (unpaired) electrons. The van der Waals surface area contributed by atoms with Gasteiger partial charge in [-0.2, -0.15) is 0 Å². The standard InChI is InChI=1S/C13H25FN2O/c14-6-2-1-3-7-15-9-13-10-16-8-4-5-12(16)11-17-13/h12-13,15H,1-11H2. The van der Waals surface area contributed by atoms with Gasteiger partial charge in [0.1, 0.15) is 0 Å². The third kappa shape index (κ3) is 4.19. The van der Waals surface area contributed by atoms with E-state index in [0.717, 1.165) is 39.1 Å². The minimum absolute atomic E-state index is 0.178. The molecule has 2 aliphatic heterocycles. The first-order chi connectivity index (χ1) is 8.40. The van der Waals surface area contributed by atoms with Gasteiger partial charge in [-0.05, 0) is 45.2 Å². The lowest BCUT2D eigenvalue weighted by Crippen LogP contribution is -2.49. The Morgan fingerprint density at radius 1 is 1.29 bits per heavy atom. The van der Waals surface area contributed by atoms with Gasteiger partial charge in [-0.15, -0.1) is 0 Å². The number of fused-ring (bicyclic) bond motifs is 1. The average molecular weight is 244 g/mol. The smallest absolute Gasteiger partial charge is 0.0894 e. The summed E-state index contributed by atoms with van der Waals surface area (Å²) in [7, 11) is 0. The summed E-state index contributed by atoms with van der Waals surface area (Å²) >= 11 is 0. The number of alkyl halides is 1. The summed E-state index contributed by atoms with van der Waals surface area (Å²) in [4.78, 5) is 2.57. The first kappa shape index (κ1) is 13.2. The molecule has 2 heterocycles. The van der Waals surface area contributed by atoms with Crippen LogP contribution >= 0.6 is 0 Å². The van der Waals surface area contributed by atoms with Crippen molar-refractivity contribution < 1.29 is 9.13 Å². The summed E-state index contributed by atoms with van der Waals surface area (Å²) in [6.45, 7) is 5.00. The molecule has 0 aromatic heterocycles. The Bertz CT molecular complexity index is 216. The first-order valence-corrected chi connectivity index (χ1v) is 7.02. The normalized spacial score (nSPS) is 29.5. The highest BCUT2D eigenvalue weighted by molar-refractivity contribution is 4.85. The van der Waals surface area contributed by atoms with Gasteiger partial charge in [0.25, 0.3) is 0 Å². The van der Waals surface area contributed by atoms with E-state index in [1.54, 1.807) is 0 Å². The monoisotopic (exact) mass is 244 g/mol. The summed E-state index contributed by atoms with van der Waals surface area (Å²) in [6.07, 6.45) is 5.76. The number of rotatable bonds is 7. The van der Waals surface area contributed by atoms with Crippen LogP contribution in [0.2, 0.25) is 0 Å². The molecule has 100 valence electrons. The first-order valence-electron chi connectivity index (χ1n) is 7.02. The van der Waals surface area contributed by atoms with Gasteiger partial charge in [0.15, 0.2) is 0 Å². The molecule has 0 amide bonds. The highest BCUT2D eigenvalue weighted by Crippen LogP contribution is 2.22. The van der Waals surface area contributed by atoms with Crippen LogP contribution < -0.4 is 5.32 Å². The Morgan fingerprint density at radius 3 is 3.12 bits per heavy atom. The molecule has 0 aliphatic carbocycles. The zero-order valence-corrected chi connectivity index (χ0v) is 10.7. The number of ether oxygens (including phenoxy) is 1. The molecule has 2 saturated heterocycles. The molecule has 2 fully saturated rings. The number of unbranched alkanes of at least 4 members (excludes halogenated alkanes) is 2. The van der Waals surface area contributed by atoms with E-state index in [2.05, 4.69) is 10.2 Å². The van der Waals surface area contributed by atoms with Crippen LogP contribution in [0.25, 0.3) is 0 Å². The maximum atomic E-state index is 11.9. The maximum absolute atomic E-state index is 11.9. The lowest BCUT2D eigenvalue weighted by Gasteiger charge is -2.35. The minimum Gasteiger partial charge on any atom is -0.374 e. The van der Waals surface area contributed by atoms with Crippen LogP contribution in [0.15, 0.2) is 0 Å². The molecule has 2 rings (SSSR count). The van der Waals surface area contributed by atoms with Crippen molar-refractivity contribution in [1.29, 1.82) is 0 Å². The van der Waals surface area contributed by atoms with Crippen molar-refractivity contribution in [3.05, 3.63) is 0 Å². The fourth-order valence-corrected chi connectivity index (χ4v) is 2.79. The lowest BCUT2D eigenvalue weighted by molar-refractivity contribution is -0.0468. The van der Waals surface area contributed by atoms with Crippen LogP contribution in [0, 0.1) is 0 Å².